The molecule has 0 aliphatic carbocycles. The van der Waals surface area contributed by atoms with E-state index in [1.807, 2.05) is 0 Å². The Hall–Kier alpha value is -2.64. The van der Waals surface area contributed by atoms with Crippen molar-refractivity contribution in [3.05, 3.63) is 36.4 Å². The predicted molar refractivity (Wildman–Crippen MR) is 64.7 cm³/mol. The minimum atomic E-state index is -1.07. The summed E-state index contributed by atoms with van der Waals surface area (Å²) in [6.45, 7) is 0.809. The summed E-state index contributed by atoms with van der Waals surface area (Å²) < 4.78 is 3.28. The van der Waals surface area contributed by atoms with Crippen LogP contribution < -0.4 is 5.32 Å². The van der Waals surface area contributed by atoms with Crippen LogP contribution in [-0.4, -0.2) is 42.6 Å². The summed E-state index contributed by atoms with van der Waals surface area (Å²) in [5.41, 5.74) is 0.329. The second kappa shape index (κ2) is 5.34. The molecule has 8 heteroatoms. The summed E-state index contributed by atoms with van der Waals surface area (Å²) in [5, 5.41) is 11.4. The van der Waals surface area contributed by atoms with Gasteiger partial charge in [0.1, 0.15) is 5.69 Å². The van der Waals surface area contributed by atoms with E-state index in [4.69, 9.17) is 5.11 Å². The number of amides is 1. The number of rotatable bonds is 5. The Morgan fingerprint density at radius 1 is 1.26 bits per heavy atom. The maximum absolute atomic E-state index is 11.7. The maximum Gasteiger partial charge on any atom is 0.356 e. The summed E-state index contributed by atoms with van der Waals surface area (Å²) in [6.07, 6.45) is 5.99. The molecule has 0 saturated carbocycles. The predicted octanol–water partition coefficient (Wildman–Crippen LogP) is -0.255. The van der Waals surface area contributed by atoms with Gasteiger partial charge in [0.25, 0.3) is 5.91 Å². The smallest absolute Gasteiger partial charge is 0.356 e. The third-order valence-corrected chi connectivity index (χ3v) is 2.45. The molecule has 0 bridgehead atoms. The fourth-order valence-electron chi connectivity index (χ4n) is 1.51. The summed E-state index contributed by atoms with van der Waals surface area (Å²) in [6, 6.07) is 0. The number of hydrogen-bond acceptors (Lipinski definition) is 4. The van der Waals surface area contributed by atoms with Crippen LogP contribution in [0.1, 0.15) is 21.0 Å². The van der Waals surface area contributed by atoms with Gasteiger partial charge in [-0.1, -0.05) is 0 Å². The zero-order valence-corrected chi connectivity index (χ0v) is 10.3. The van der Waals surface area contributed by atoms with Crippen molar-refractivity contribution in [2.45, 2.75) is 6.54 Å². The molecule has 0 unspecified atom stereocenters. The number of aromatic nitrogens is 4. The maximum atomic E-state index is 11.7. The Kier molecular flexibility index (Phi) is 3.60. The van der Waals surface area contributed by atoms with Gasteiger partial charge in [-0.05, 0) is 0 Å². The summed E-state index contributed by atoms with van der Waals surface area (Å²) in [7, 11) is 1.78. The molecule has 2 N–H and O–H groups in total. The molecule has 2 rings (SSSR count). The van der Waals surface area contributed by atoms with Gasteiger partial charge in [0.2, 0.25) is 0 Å². The lowest BCUT2D eigenvalue weighted by Gasteiger charge is -2.03. The van der Waals surface area contributed by atoms with Gasteiger partial charge in [-0.25, -0.2) is 14.8 Å². The molecule has 0 radical (unpaired) electrons. The highest BCUT2D eigenvalue weighted by atomic mass is 16.4. The van der Waals surface area contributed by atoms with Crippen molar-refractivity contribution in [1.29, 1.82) is 0 Å². The third kappa shape index (κ3) is 3.18. The first-order valence-corrected chi connectivity index (χ1v) is 5.57. The Labute approximate surface area is 108 Å². The van der Waals surface area contributed by atoms with Crippen LogP contribution in [0.4, 0.5) is 0 Å². The molecule has 100 valence electrons. The van der Waals surface area contributed by atoms with Crippen LogP contribution in [0.3, 0.4) is 0 Å². The normalized spacial score (nSPS) is 10.4. The van der Waals surface area contributed by atoms with Crippen LogP contribution in [0.2, 0.25) is 0 Å². The Morgan fingerprint density at radius 3 is 2.58 bits per heavy atom. The van der Waals surface area contributed by atoms with E-state index < -0.39 is 5.97 Å². The average Bonchev–Trinajstić information content (AvgIpc) is 2.98. The second-order valence-electron chi connectivity index (χ2n) is 3.98. The second-order valence-corrected chi connectivity index (χ2v) is 3.98. The molecule has 0 spiro atoms. The number of carboxylic acids is 1. The van der Waals surface area contributed by atoms with Gasteiger partial charge in [0.15, 0.2) is 5.69 Å². The molecule has 0 saturated heterocycles. The molecule has 19 heavy (non-hydrogen) atoms. The fourth-order valence-corrected chi connectivity index (χ4v) is 1.51. The largest absolute Gasteiger partial charge is 0.476 e. The molecule has 8 nitrogen and oxygen atoms in total. The van der Waals surface area contributed by atoms with E-state index in [0.717, 1.165) is 0 Å². The zero-order chi connectivity index (χ0) is 13.8. The molecular formula is C11H13N5O3. The van der Waals surface area contributed by atoms with Crippen LogP contribution in [0.5, 0.6) is 0 Å². The van der Waals surface area contributed by atoms with Gasteiger partial charge >= 0.3 is 5.97 Å². The van der Waals surface area contributed by atoms with E-state index >= 15 is 0 Å². The van der Waals surface area contributed by atoms with Gasteiger partial charge in [-0.3, -0.25) is 4.79 Å². The Morgan fingerprint density at radius 2 is 2.00 bits per heavy atom. The van der Waals surface area contributed by atoms with E-state index in [1.165, 1.54) is 12.5 Å². The van der Waals surface area contributed by atoms with Gasteiger partial charge < -0.3 is 19.6 Å². The summed E-state index contributed by atoms with van der Waals surface area (Å²) in [4.78, 5) is 29.9. The topological polar surface area (TPSA) is 102 Å². The number of aromatic carboxylic acids is 1. The van der Waals surface area contributed by atoms with Gasteiger partial charge in [-0.2, -0.15) is 0 Å². The van der Waals surface area contributed by atoms with E-state index in [9.17, 15) is 9.59 Å². The molecule has 2 aromatic heterocycles. The highest BCUT2D eigenvalue weighted by Crippen LogP contribution is 1.96. The SMILES string of the molecule is Cn1cnc(C(=O)NCCn2cnc(C(=O)O)c2)c1. The van der Waals surface area contributed by atoms with Gasteiger partial charge in [0.05, 0.1) is 12.7 Å². The Balaban J connectivity index is 1.83. The average molecular weight is 263 g/mol. The van der Waals surface area contributed by atoms with Crippen LogP contribution in [-0.2, 0) is 13.6 Å². The van der Waals surface area contributed by atoms with Crippen LogP contribution in [0.25, 0.3) is 0 Å². The van der Waals surface area contributed by atoms with Crippen LogP contribution in [0.15, 0.2) is 25.0 Å². The van der Waals surface area contributed by atoms with Crippen molar-refractivity contribution in [2.75, 3.05) is 6.54 Å². The lowest BCUT2D eigenvalue weighted by molar-refractivity contribution is 0.0690. The molecule has 0 aliphatic rings. The van der Waals surface area contributed by atoms with Crippen molar-refractivity contribution in [1.82, 2.24) is 24.4 Å². The van der Waals surface area contributed by atoms with Crippen LogP contribution >= 0.6 is 0 Å². The number of imidazole rings is 2. The highest BCUT2D eigenvalue weighted by Gasteiger charge is 2.09. The summed E-state index contributed by atoms with van der Waals surface area (Å²) in [5.74, 6) is -1.34. The highest BCUT2D eigenvalue weighted by molar-refractivity contribution is 5.91. The number of nitrogens with zero attached hydrogens (tertiary/aromatic N) is 4. The molecule has 2 aromatic rings. The molecule has 1 amide bonds. The quantitative estimate of drug-likeness (QED) is 0.774. The minimum Gasteiger partial charge on any atom is -0.476 e. The number of carbonyl (C=O) groups excluding carboxylic acids is 1. The molecule has 0 fully saturated rings. The molecule has 2 heterocycles. The zero-order valence-electron chi connectivity index (χ0n) is 10.3. The molecular weight excluding hydrogens is 250 g/mol. The number of nitrogens with one attached hydrogen (secondary N) is 1. The first-order chi connectivity index (χ1) is 9.06. The van der Waals surface area contributed by atoms with E-state index in [1.54, 1.807) is 28.7 Å². The molecule has 0 aromatic carbocycles. The number of aryl methyl sites for hydroxylation is 1. The number of carbonyl (C=O) groups is 2. The molecule has 0 aliphatic heterocycles. The number of hydrogen-bond donors (Lipinski definition) is 2. The lowest BCUT2D eigenvalue weighted by atomic mass is 10.4. The fraction of sp³-hybridized carbons (Fsp3) is 0.273. The van der Waals surface area contributed by atoms with Crippen molar-refractivity contribution >= 4 is 11.9 Å². The van der Waals surface area contributed by atoms with E-state index in [0.29, 0.717) is 18.8 Å². The van der Waals surface area contributed by atoms with Crippen molar-refractivity contribution < 1.29 is 14.7 Å². The monoisotopic (exact) mass is 263 g/mol. The van der Waals surface area contributed by atoms with E-state index in [2.05, 4.69) is 15.3 Å². The minimum absolute atomic E-state index is 0.0175. The first-order valence-electron chi connectivity index (χ1n) is 5.57. The third-order valence-electron chi connectivity index (χ3n) is 2.45. The van der Waals surface area contributed by atoms with Crippen molar-refractivity contribution in [3.63, 3.8) is 0 Å². The Bertz CT molecular complexity index is 601. The number of carboxylic acid groups (broad SMARTS) is 1. The van der Waals surface area contributed by atoms with Crippen molar-refractivity contribution in [2.24, 2.45) is 7.05 Å². The lowest BCUT2D eigenvalue weighted by Crippen LogP contribution is -2.27. The first kappa shape index (κ1) is 12.8. The van der Waals surface area contributed by atoms with Gasteiger partial charge in [0, 0.05) is 32.5 Å². The van der Waals surface area contributed by atoms with Crippen molar-refractivity contribution in [3.8, 4) is 0 Å². The van der Waals surface area contributed by atoms with Crippen LogP contribution in [0, 0.1) is 0 Å². The summed E-state index contributed by atoms with van der Waals surface area (Å²) >= 11 is 0. The van der Waals surface area contributed by atoms with Gasteiger partial charge in [-0.15, -0.1) is 0 Å². The molecule has 0 atom stereocenters. The standard InChI is InChI=1S/C11H13N5O3/c1-15-4-8(13-6-15)10(17)12-2-3-16-5-9(11(18)19)14-7-16/h4-7H,2-3H2,1H3,(H,12,17)(H,18,19). The van der Waals surface area contributed by atoms with E-state index in [-0.39, 0.29) is 11.6 Å².